The maximum atomic E-state index is 11.3. The van der Waals surface area contributed by atoms with Crippen molar-refractivity contribution in [3.05, 3.63) is 17.6 Å². The molecule has 4 nitrogen and oxygen atoms in total. The minimum absolute atomic E-state index is 0.376. The monoisotopic (exact) mass is 281 g/mol. The summed E-state index contributed by atoms with van der Waals surface area (Å²) < 4.78 is 12.4. The molecule has 1 aromatic carbocycles. The van der Waals surface area contributed by atoms with Gasteiger partial charge in [0.05, 0.1) is 21.6 Å². The molecule has 0 aliphatic carbocycles. The Morgan fingerprint density at radius 1 is 1.39 bits per heavy atom. The third-order valence-corrected chi connectivity index (χ3v) is 5.47. The Morgan fingerprint density at radius 3 is 2.94 bits per heavy atom. The number of rotatable bonds is 2. The maximum absolute atomic E-state index is 11.3. The number of nitrogen functional groups attached to an aromatic ring is 1. The molecule has 0 bridgehead atoms. The van der Waals surface area contributed by atoms with Crippen LogP contribution in [0.4, 0.5) is 11.4 Å². The predicted molar refractivity (Wildman–Crippen MR) is 78.6 cm³/mol. The Bertz CT molecular complexity index is 586. The van der Waals surface area contributed by atoms with Gasteiger partial charge in [-0.15, -0.1) is 11.3 Å². The molecule has 0 unspecified atom stereocenters. The van der Waals surface area contributed by atoms with E-state index in [-0.39, 0.29) is 0 Å². The molecule has 1 aliphatic rings. The van der Waals surface area contributed by atoms with Gasteiger partial charge >= 0.3 is 0 Å². The van der Waals surface area contributed by atoms with E-state index in [0.717, 1.165) is 45.9 Å². The maximum Gasteiger partial charge on any atom is 0.106 e. The number of benzene rings is 1. The highest BCUT2D eigenvalue weighted by molar-refractivity contribution is 7.85. The highest BCUT2D eigenvalue weighted by atomic mass is 32.2. The third-order valence-electron chi connectivity index (χ3n) is 3.29. The lowest BCUT2D eigenvalue weighted by Gasteiger charge is -2.24. The molecule has 0 spiro atoms. The number of hydrogen-bond acceptors (Lipinski definition) is 5. The average Bonchev–Trinajstić information content (AvgIpc) is 2.84. The fourth-order valence-electron chi connectivity index (χ4n) is 2.24. The fraction of sp³-hybridized carbons (Fsp3) is 0.417. The quantitative estimate of drug-likeness (QED) is 0.828. The Hall–Kier alpha value is -1.14. The summed E-state index contributed by atoms with van der Waals surface area (Å²) in [5.74, 6) is 1.58. The SMILES string of the molecule is Nc1c(NC2CCS(=O)CC2)ccc2scnc12. The lowest BCUT2D eigenvalue weighted by Crippen LogP contribution is -2.29. The first-order valence-corrected chi connectivity index (χ1v) is 8.34. The van der Waals surface area contributed by atoms with Crippen LogP contribution in [0.5, 0.6) is 0 Å². The number of nitrogens with one attached hydrogen (secondary N) is 1. The van der Waals surface area contributed by atoms with E-state index in [1.165, 1.54) is 0 Å². The first-order chi connectivity index (χ1) is 8.74. The number of fused-ring (bicyclic) bond motifs is 1. The number of hydrogen-bond donors (Lipinski definition) is 2. The molecule has 6 heteroatoms. The van der Waals surface area contributed by atoms with E-state index >= 15 is 0 Å². The van der Waals surface area contributed by atoms with Crippen LogP contribution >= 0.6 is 11.3 Å². The van der Waals surface area contributed by atoms with Crippen molar-refractivity contribution in [2.45, 2.75) is 18.9 Å². The van der Waals surface area contributed by atoms with Crippen molar-refractivity contribution < 1.29 is 4.21 Å². The van der Waals surface area contributed by atoms with E-state index < -0.39 is 10.8 Å². The number of thiazole rings is 1. The van der Waals surface area contributed by atoms with Crippen LogP contribution in [0, 0.1) is 0 Å². The zero-order chi connectivity index (χ0) is 12.5. The van der Waals surface area contributed by atoms with Gasteiger partial charge in [-0.2, -0.15) is 0 Å². The number of anilines is 2. The van der Waals surface area contributed by atoms with Gasteiger partial charge in [-0.1, -0.05) is 0 Å². The van der Waals surface area contributed by atoms with Gasteiger partial charge in [-0.05, 0) is 25.0 Å². The zero-order valence-corrected chi connectivity index (χ0v) is 11.5. The van der Waals surface area contributed by atoms with Crippen LogP contribution in [0.3, 0.4) is 0 Å². The molecule has 0 atom stereocenters. The van der Waals surface area contributed by atoms with Gasteiger partial charge in [0.15, 0.2) is 0 Å². The predicted octanol–water partition coefficient (Wildman–Crippen LogP) is 2.20. The van der Waals surface area contributed by atoms with Crippen molar-refractivity contribution in [2.24, 2.45) is 0 Å². The van der Waals surface area contributed by atoms with E-state index in [1.54, 1.807) is 11.3 Å². The molecule has 1 aromatic heterocycles. The van der Waals surface area contributed by atoms with E-state index in [2.05, 4.69) is 10.3 Å². The molecule has 1 saturated heterocycles. The Labute approximate surface area is 112 Å². The zero-order valence-electron chi connectivity index (χ0n) is 9.89. The van der Waals surface area contributed by atoms with Crippen molar-refractivity contribution in [1.82, 2.24) is 4.98 Å². The van der Waals surface area contributed by atoms with Gasteiger partial charge < -0.3 is 11.1 Å². The van der Waals surface area contributed by atoms with Crippen molar-refractivity contribution in [3.8, 4) is 0 Å². The van der Waals surface area contributed by atoms with Crippen LogP contribution < -0.4 is 11.1 Å². The summed E-state index contributed by atoms with van der Waals surface area (Å²) in [5, 5.41) is 3.46. The molecule has 2 aromatic rings. The summed E-state index contributed by atoms with van der Waals surface area (Å²) in [7, 11) is -0.622. The summed E-state index contributed by atoms with van der Waals surface area (Å²) in [4.78, 5) is 4.29. The summed E-state index contributed by atoms with van der Waals surface area (Å²) >= 11 is 1.60. The highest BCUT2D eigenvalue weighted by Gasteiger charge is 2.18. The minimum Gasteiger partial charge on any atom is -0.395 e. The van der Waals surface area contributed by atoms with Gasteiger partial charge in [-0.25, -0.2) is 4.98 Å². The minimum atomic E-state index is -0.622. The number of nitrogens with two attached hydrogens (primary N) is 1. The number of aromatic nitrogens is 1. The lowest BCUT2D eigenvalue weighted by atomic mass is 10.1. The van der Waals surface area contributed by atoms with Crippen molar-refractivity contribution in [3.63, 3.8) is 0 Å². The van der Waals surface area contributed by atoms with E-state index in [1.807, 2.05) is 17.6 Å². The molecule has 0 radical (unpaired) electrons. The summed E-state index contributed by atoms with van der Waals surface area (Å²) in [5.41, 5.74) is 10.5. The summed E-state index contributed by atoms with van der Waals surface area (Å²) in [6.07, 6.45) is 1.89. The van der Waals surface area contributed by atoms with Gasteiger partial charge in [0.25, 0.3) is 0 Å². The molecule has 96 valence electrons. The van der Waals surface area contributed by atoms with Crippen LogP contribution in [0.1, 0.15) is 12.8 Å². The summed E-state index contributed by atoms with van der Waals surface area (Å²) in [6.45, 7) is 0. The van der Waals surface area contributed by atoms with Crippen LogP contribution in [0.25, 0.3) is 10.2 Å². The smallest absolute Gasteiger partial charge is 0.106 e. The van der Waals surface area contributed by atoms with E-state index in [0.29, 0.717) is 6.04 Å². The largest absolute Gasteiger partial charge is 0.395 e. The topological polar surface area (TPSA) is 68.0 Å². The second-order valence-corrected chi connectivity index (χ2v) is 7.08. The number of nitrogens with zero attached hydrogens (tertiary/aromatic N) is 1. The van der Waals surface area contributed by atoms with Gasteiger partial charge in [0.2, 0.25) is 0 Å². The Kier molecular flexibility index (Phi) is 3.22. The van der Waals surface area contributed by atoms with Crippen LogP contribution in [-0.2, 0) is 10.8 Å². The van der Waals surface area contributed by atoms with Crippen molar-refractivity contribution in [2.75, 3.05) is 22.6 Å². The molecule has 1 fully saturated rings. The first kappa shape index (κ1) is 11.9. The van der Waals surface area contributed by atoms with E-state index in [9.17, 15) is 4.21 Å². The average molecular weight is 281 g/mol. The highest BCUT2D eigenvalue weighted by Crippen LogP contribution is 2.31. The molecule has 18 heavy (non-hydrogen) atoms. The fourth-order valence-corrected chi connectivity index (χ4v) is 4.23. The van der Waals surface area contributed by atoms with Crippen LogP contribution in [0.15, 0.2) is 17.6 Å². The molecule has 3 N–H and O–H groups in total. The molecule has 2 heterocycles. The Morgan fingerprint density at radius 2 is 2.17 bits per heavy atom. The van der Waals surface area contributed by atoms with Gasteiger partial charge in [0.1, 0.15) is 5.52 Å². The Balaban J connectivity index is 1.82. The molecule has 1 aliphatic heterocycles. The van der Waals surface area contributed by atoms with Gasteiger partial charge in [-0.3, -0.25) is 4.21 Å². The standard InChI is InChI=1S/C12H15N3OS2/c13-11-9(1-2-10-12(11)14-7-17-10)15-8-3-5-18(16)6-4-8/h1-2,7-8,15H,3-6,13H2. The van der Waals surface area contributed by atoms with Crippen molar-refractivity contribution in [1.29, 1.82) is 0 Å². The van der Waals surface area contributed by atoms with Crippen LogP contribution in [-0.4, -0.2) is 26.7 Å². The molecule has 0 amide bonds. The van der Waals surface area contributed by atoms with Crippen LogP contribution in [0.2, 0.25) is 0 Å². The van der Waals surface area contributed by atoms with Gasteiger partial charge in [0, 0.05) is 28.3 Å². The first-order valence-electron chi connectivity index (χ1n) is 5.97. The molecular weight excluding hydrogens is 266 g/mol. The van der Waals surface area contributed by atoms with E-state index in [4.69, 9.17) is 5.73 Å². The molecule has 3 rings (SSSR count). The normalized spacial score (nSPS) is 24.2. The van der Waals surface area contributed by atoms with Crippen molar-refractivity contribution >= 4 is 43.7 Å². The summed E-state index contributed by atoms with van der Waals surface area (Å²) in [6, 6.07) is 4.44. The second kappa shape index (κ2) is 4.85. The lowest BCUT2D eigenvalue weighted by molar-refractivity contribution is 0.624. The molecule has 0 saturated carbocycles. The third kappa shape index (κ3) is 2.22. The second-order valence-electron chi connectivity index (χ2n) is 4.49. The molecular formula is C12H15N3OS2.